The van der Waals surface area contributed by atoms with Crippen molar-refractivity contribution in [1.82, 2.24) is 20.3 Å². The van der Waals surface area contributed by atoms with Gasteiger partial charge in [-0.05, 0) is 31.2 Å². The average molecular weight is 287 g/mol. The lowest BCUT2D eigenvalue weighted by atomic mass is 10.0. The van der Waals surface area contributed by atoms with Crippen LogP contribution in [0.5, 0.6) is 0 Å². The van der Waals surface area contributed by atoms with Gasteiger partial charge < -0.3 is 15.2 Å². The Labute approximate surface area is 124 Å². The fraction of sp³-hybridized carbons (Fsp3) is 0.533. The Morgan fingerprint density at radius 3 is 3.14 bits per heavy atom. The van der Waals surface area contributed by atoms with Crippen LogP contribution < -0.4 is 10.2 Å². The van der Waals surface area contributed by atoms with Crippen LogP contribution in [0.25, 0.3) is 11.0 Å². The maximum atomic E-state index is 11.5. The van der Waals surface area contributed by atoms with Gasteiger partial charge >= 0.3 is 0 Å². The minimum absolute atomic E-state index is 0.137. The van der Waals surface area contributed by atoms with Crippen LogP contribution in [0.4, 0.5) is 5.82 Å². The molecule has 0 radical (unpaired) electrons. The monoisotopic (exact) mass is 287 g/mol. The molecule has 0 bridgehead atoms. The summed E-state index contributed by atoms with van der Waals surface area (Å²) < 4.78 is 0. The summed E-state index contributed by atoms with van der Waals surface area (Å²) in [6, 6.07) is 2.45. The third kappa shape index (κ3) is 2.70. The molecule has 2 N–H and O–H groups in total. The Bertz CT molecular complexity index is 638. The molecule has 2 aromatic heterocycles. The smallest absolute Gasteiger partial charge is 0.220 e. The Balaban J connectivity index is 1.73. The summed E-state index contributed by atoms with van der Waals surface area (Å²) in [5, 5.41) is 3.76. The van der Waals surface area contributed by atoms with E-state index in [1.807, 2.05) is 12.3 Å². The van der Waals surface area contributed by atoms with E-state index in [9.17, 15) is 4.79 Å². The number of nitrogens with zero attached hydrogens (tertiary/aromatic N) is 3. The quantitative estimate of drug-likeness (QED) is 0.897. The molecular formula is C15H21N5O. The highest BCUT2D eigenvalue weighted by molar-refractivity contribution is 5.87. The maximum Gasteiger partial charge on any atom is 0.220 e. The van der Waals surface area contributed by atoms with Gasteiger partial charge in [0, 0.05) is 32.8 Å². The Morgan fingerprint density at radius 2 is 2.33 bits per heavy atom. The predicted octanol–water partition coefficient (Wildman–Crippen LogP) is 1.70. The van der Waals surface area contributed by atoms with Gasteiger partial charge in [0.2, 0.25) is 5.91 Å². The standard InChI is InChI=1S/C15H21N5O/c1-16-13(21)8-10-3-4-11(7-10)20(2)15-12-5-6-17-14(12)18-9-19-15/h5-6,9-11H,3-4,7-8H2,1-2H3,(H,16,21)(H,17,18,19). The molecule has 1 aliphatic carbocycles. The summed E-state index contributed by atoms with van der Waals surface area (Å²) in [5.74, 6) is 1.58. The largest absolute Gasteiger partial charge is 0.359 e. The zero-order chi connectivity index (χ0) is 14.8. The molecule has 2 heterocycles. The predicted molar refractivity (Wildman–Crippen MR) is 82.1 cm³/mol. The second-order valence-corrected chi connectivity index (χ2v) is 5.76. The first kappa shape index (κ1) is 13.9. The summed E-state index contributed by atoms with van der Waals surface area (Å²) in [5.41, 5.74) is 0.867. The number of nitrogens with one attached hydrogen (secondary N) is 2. The number of carbonyl (C=O) groups is 1. The van der Waals surface area contributed by atoms with Gasteiger partial charge in [-0.25, -0.2) is 9.97 Å². The zero-order valence-electron chi connectivity index (χ0n) is 12.5. The molecule has 0 aromatic carbocycles. The summed E-state index contributed by atoms with van der Waals surface area (Å²) >= 11 is 0. The molecule has 112 valence electrons. The van der Waals surface area contributed by atoms with Gasteiger partial charge in [-0.15, -0.1) is 0 Å². The van der Waals surface area contributed by atoms with Gasteiger partial charge in [-0.3, -0.25) is 4.79 Å². The molecule has 1 aliphatic rings. The van der Waals surface area contributed by atoms with Gasteiger partial charge in [0.25, 0.3) is 0 Å². The second kappa shape index (κ2) is 5.71. The van der Waals surface area contributed by atoms with E-state index in [4.69, 9.17) is 0 Å². The topological polar surface area (TPSA) is 73.9 Å². The molecule has 21 heavy (non-hydrogen) atoms. The molecule has 0 saturated heterocycles. The molecule has 1 fully saturated rings. The molecular weight excluding hydrogens is 266 g/mol. The Hall–Kier alpha value is -2.11. The minimum Gasteiger partial charge on any atom is -0.359 e. The van der Waals surface area contributed by atoms with Crippen LogP contribution in [-0.4, -0.2) is 41.0 Å². The molecule has 1 amide bonds. The molecule has 6 nitrogen and oxygen atoms in total. The van der Waals surface area contributed by atoms with Crippen molar-refractivity contribution in [1.29, 1.82) is 0 Å². The SMILES string of the molecule is CNC(=O)CC1CCC(N(C)c2ncnc3[nH]ccc23)C1. The second-order valence-electron chi connectivity index (χ2n) is 5.76. The molecule has 1 saturated carbocycles. The van der Waals surface area contributed by atoms with Crippen molar-refractivity contribution in [2.45, 2.75) is 31.7 Å². The number of rotatable bonds is 4. The molecule has 2 unspecified atom stereocenters. The van der Waals surface area contributed by atoms with Gasteiger partial charge in [-0.2, -0.15) is 0 Å². The van der Waals surface area contributed by atoms with Crippen LogP contribution in [0, 0.1) is 5.92 Å². The average Bonchev–Trinajstić information content (AvgIpc) is 3.14. The number of aromatic nitrogens is 3. The Kier molecular flexibility index (Phi) is 3.77. The normalized spacial score (nSPS) is 21.6. The van der Waals surface area contributed by atoms with E-state index in [-0.39, 0.29) is 5.91 Å². The van der Waals surface area contributed by atoms with Gasteiger partial charge in [0.05, 0.1) is 5.39 Å². The molecule has 2 aromatic rings. The molecule has 6 heteroatoms. The number of hydrogen-bond donors (Lipinski definition) is 2. The lowest BCUT2D eigenvalue weighted by molar-refractivity contribution is -0.121. The number of fused-ring (bicyclic) bond motifs is 1. The number of aromatic amines is 1. The van der Waals surface area contributed by atoms with E-state index in [0.29, 0.717) is 18.4 Å². The van der Waals surface area contributed by atoms with Crippen molar-refractivity contribution in [2.75, 3.05) is 19.0 Å². The van der Waals surface area contributed by atoms with Crippen LogP contribution >= 0.6 is 0 Å². The zero-order valence-corrected chi connectivity index (χ0v) is 12.5. The first-order chi connectivity index (χ1) is 10.2. The van der Waals surface area contributed by atoms with Gasteiger partial charge in [0.1, 0.15) is 17.8 Å². The minimum atomic E-state index is 0.137. The molecule has 3 rings (SSSR count). The summed E-state index contributed by atoms with van der Waals surface area (Å²) in [6.45, 7) is 0. The van der Waals surface area contributed by atoms with E-state index < -0.39 is 0 Å². The fourth-order valence-electron chi connectivity index (χ4n) is 3.26. The van der Waals surface area contributed by atoms with E-state index in [1.165, 1.54) is 0 Å². The van der Waals surface area contributed by atoms with Crippen LogP contribution in [-0.2, 0) is 4.79 Å². The van der Waals surface area contributed by atoms with Crippen molar-refractivity contribution < 1.29 is 4.79 Å². The highest BCUT2D eigenvalue weighted by Crippen LogP contribution is 2.34. The van der Waals surface area contributed by atoms with E-state index in [0.717, 1.165) is 36.1 Å². The highest BCUT2D eigenvalue weighted by Gasteiger charge is 2.30. The summed E-state index contributed by atoms with van der Waals surface area (Å²) in [7, 11) is 3.78. The van der Waals surface area contributed by atoms with E-state index in [2.05, 4.69) is 32.2 Å². The summed E-state index contributed by atoms with van der Waals surface area (Å²) in [4.78, 5) is 25.5. The summed E-state index contributed by atoms with van der Waals surface area (Å²) in [6.07, 6.45) is 7.36. The van der Waals surface area contributed by atoms with Gasteiger partial charge in [-0.1, -0.05) is 0 Å². The van der Waals surface area contributed by atoms with Crippen LogP contribution in [0.2, 0.25) is 0 Å². The molecule has 0 aliphatic heterocycles. The molecule has 0 spiro atoms. The fourth-order valence-corrected chi connectivity index (χ4v) is 3.26. The van der Waals surface area contributed by atoms with E-state index in [1.54, 1.807) is 13.4 Å². The number of H-pyrrole nitrogens is 1. The van der Waals surface area contributed by atoms with Crippen molar-refractivity contribution in [2.24, 2.45) is 5.92 Å². The first-order valence-corrected chi connectivity index (χ1v) is 7.40. The van der Waals surface area contributed by atoms with E-state index >= 15 is 0 Å². The van der Waals surface area contributed by atoms with Crippen LogP contribution in [0.15, 0.2) is 18.6 Å². The van der Waals surface area contributed by atoms with Crippen molar-refractivity contribution in [3.8, 4) is 0 Å². The number of anilines is 1. The Morgan fingerprint density at radius 1 is 1.48 bits per heavy atom. The van der Waals surface area contributed by atoms with Crippen molar-refractivity contribution >= 4 is 22.8 Å². The van der Waals surface area contributed by atoms with Crippen molar-refractivity contribution in [3.05, 3.63) is 18.6 Å². The number of amides is 1. The number of carbonyl (C=O) groups excluding carboxylic acids is 1. The number of hydrogen-bond acceptors (Lipinski definition) is 4. The third-order valence-electron chi connectivity index (χ3n) is 4.48. The van der Waals surface area contributed by atoms with Gasteiger partial charge in [0.15, 0.2) is 0 Å². The lowest BCUT2D eigenvalue weighted by Gasteiger charge is -2.26. The van der Waals surface area contributed by atoms with Crippen LogP contribution in [0.1, 0.15) is 25.7 Å². The van der Waals surface area contributed by atoms with Crippen molar-refractivity contribution in [3.63, 3.8) is 0 Å². The molecule has 2 atom stereocenters. The third-order valence-corrected chi connectivity index (χ3v) is 4.48. The maximum absolute atomic E-state index is 11.5. The first-order valence-electron chi connectivity index (χ1n) is 7.40. The van der Waals surface area contributed by atoms with Crippen LogP contribution in [0.3, 0.4) is 0 Å². The lowest BCUT2D eigenvalue weighted by Crippen LogP contribution is -2.30. The highest BCUT2D eigenvalue weighted by atomic mass is 16.1.